The lowest BCUT2D eigenvalue weighted by atomic mass is 9.77. The largest absolute Gasteiger partial charge is 0.258 e. The minimum absolute atomic E-state index is 0.0889. The van der Waals surface area contributed by atoms with E-state index in [9.17, 15) is 4.39 Å². The van der Waals surface area contributed by atoms with E-state index in [2.05, 4.69) is 11.8 Å². The van der Waals surface area contributed by atoms with Crippen molar-refractivity contribution in [1.82, 2.24) is 0 Å². The Labute approximate surface area is 140 Å². The number of benzene rings is 1. The summed E-state index contributed by atoms with van der Waals surface area (Å²) in [7, 11) is 0. The number of rotatable bonds is 1. The molecule has 122 valence electrons. The topological polar surface area (TPSA) is 8.24 Å². The van der Waals surface area contributed by atoms with Crippen molar-refractivity contribution in [2.24, 2.45) is 5.92 Å². The second-order valence-electron chi connectivity index (χ2n) is 7.03. The maximum absolute atomic E-state index is 15.0. The van der Waals surface area contributed by atoms with Crippen LogP contribution < -0.4 is 4.57 Å². The highest BCUT2D eigenvalue weighted by Gasteiger charge is 2.38. The van der Waals surface area contributed by atoms with Crippen molar-refractivity contribution in [2.45, 2.75) is 45.1 Å². The quantitative estimate of drug-likeness (QED) is 0.433. The van der Waals surface area contributed by atoms with Gasteiger partial charge in [0.15, 0.2) is 12.7 Å². The number of hydrogen-bond donors (Lipinski definition) is 0. The van der Waals surface area contributed by atoms with Crippen molar-refractivity contribution >= 4 is 5.69 Å². The van der Waals surface area contributed by atoms with Crippen LogP contribution in [0.2, 0.25) is 0 Å². The Hall–Kier alpha value is -2.28. The molecule has 0 unspecified atom stereocenters. The number of hydrogen-bond acceptors (Lipinski definition) is 0. The summed E-state index contributed by atoms with van der Waals surface area (Å²) < 4.78 is 31.8. The second kappa shape index (κ2) is 5.66. The Morgan fingerprint density at radius 2 is 1.88 bits per heavy atom. The molecule has 2 nitrogen and oxygen atoms in total. The molecule has 1 aromatic carbocycles. The first kappa shape index (κ1) is 15.3. The summed E-state index contributed by atoms with van der Waals surface area (Å²) in [6.07, 6.45) is 5.83. The summed E-state index contributed by atoms with van der Waals surface area (Å²) in [6, 6.07) is 5.58. The first-order valence-corrected chi connectivity index (χ1v) is 8.51. The fraction of sp³-hybridized carbons (Fsp3) is 0.400. The average molecular weight is 325 g/mol. The Morgan fingerprint density at radius 1 is 1.12 bits per heavy atom. The van der Waals surface area contributed by atoms with Crippen LogP contribution in [0.4, 0.5) is 14.5 Å². The summed E-state index contributed by atoms with van der Waals surface area (Å²) in [5.41, 5.74) is 2.05. The summed E-state index contributed by atoms with van der Waals surface area (Å²) in [6.45, 7) is 9.96. The molecule has 1 aromatic heterocycles. The second-order valence-corrected chi connectivity index (χ2v) is 7.03. The van der Waals surface area contributed by atoms with Gasteiger partial charge in [-0.1, -0.05) is 19.8 Å². The Morgan fingerprint density at radius 3 is 2.58 bits per heavy atom. The molecular weight excluding hydrogens is 306 g/mol. The van der Waals surface area contributed by atoms with E-state index in [0.29, 0.717) is 23.6 Å². The highest BCUT2D eigenvalue weighted by molar-refractivity contribution is 5.73. The van der Waals surface area contributed by atoms with Crippen molar-refractivity contribution in [2.75, 3.05) is 0 Å². The van der Waals surface area contributed by atoms with Gasteiger partial charge in [-0.3, -0.25) is 0 Å². The third kappa shape index (κ3) is 2.15. The van der Waals surface area contributed by atoms with Gasteiger partial charge in [0.1, 0.15) is 11.6 Å². The minimum atomic E-state index is -0.706. The zero-order chi connectivity index (χ0) is 16.8. The van der Waals surface area contributed by atoms with E-state index in [-0.39, 0.29) is 5.92 Å². The van der Waals surface area contributed by atoms with Crippen LogP contribution >= 0.6 is 0 Å². The van der Waals surface area contributed by atoms with Gasteiger partial charge in [0.05, 0.1) is 12.1 Å². The molecule has 2 aromatic rings. The van der Waals surface area contributed by atoms with Gasteiger partial charge in [-0.15, -0.1) is 0 Å². The lowest BCUT2D eigenvalue weighted by molar-refractivity contribution is -0.672. The molecule has 1 fully saturated rings. The zero-order valence-corrected chi connectivity index (χ0v) is 13.6. The van der Waals surface area contributed by atoms with Gasteiger partial charge >= 0.3 is 0 Å². The van der Waals surface area contributed by atoms with Crippen LogP contribution in [0.1, 0.15) is 49.7 Å². The van der Waals surface area contributed by atoms with Crippen LogP contribution in [0.15, 0.2) is 24.4 Å². The molecule has 24 heavy (non-hydrogen) atoms. The molecule has 1 aliphatic heterocycles. The molecule has 1 aliphatic carbocycles. The molecule has 0 amide bonds. The third-order valence-electron chi connectivity index (χ3n) is 5.56. The van der Waals surface area contributed by atoms with E-state index in [1.165, 1.54) is 0 Å². The maximum Gasteiger partial charge on any atom is 0.258 e. The molecule has 2 heterocycles. The lowest BCUT2D eigenvalue weighted by Gasteiger charge is -2.28. The summed E-state index contributed by atoms with van der Waals surface area (Å²) in [5.74, 6) is -0.590. The van der Waals surface area contributed by atoms with Crippen LogP contribution in [-0.2, 0) is 6.54 Å². The highest BCUT2D eigenvalue weighted by atomic mass is 19.1. The Kier molecular flexibility index (Phi) is 3.60. The van der Waals surface area contributed by atoms with E-state index in [4.69, 9.17) is 6.57 Å². The Bertz CT molecular complexity index is 859. The SMILES string of the molecule is [C-]#[N+]c1c(F)c2c(c(C3CCC(C)CC3)c1F)C[n+]1ccccc1-2. The standard InChI is InChI=1S/C20H19F2N2/c1-12-6-8-13(9-7-12)16-14-11-24-10-4-3-5-15(24)17(14)19(22)20(23-2)18(16)21/h3-5,10,12-13H,6-9,11H2,1H3/q+1. The molecule has 0 radical (unpaired) electrons. The number of halogens is 2. The normalized spacial score (nSPS) is 21.9. The minimum Gasteiger partial charge on any atom is -0.232 e. The monoisotopic (exact) mass is 325 g/mol. The number of pyridine rings is 1. The molecule has 0 N–H and O–H groups in total. The predicted molar refractivity (Wildman–Crippen MR) is 87.7 cm³/mol. The van der Waals surface area contributed by atoms with Crippen molar-refractivity contribution < 1.29 is 13.3 Å². The summed E-state index contributed by atoms with van der Waals surface area (Å²) in [4.78, 5) is 3.18. The van der Waals surface area contributed by atoms with Gasteiger partial charge in [0.25, 0.3) is 5.69 Å². The molecule has 0 bridgehead atoms. The molecular formula is C20H19F2N2+. The van der Waals surface area contributed by atoms with E-state index in [1.807, 2.05) is 29.0 Å². The van der Waals surface area contributed by atoms with Crippen molar-refractivity contribution in [3.05, 3.63) is 58.6 Å². The molecule has 2 aliphatic rings. The van der Waals surface area contributed by atoms with Gasteiger partial charge in [0, 0.05) is 17.7 Å². The molecule has 1 saturated carbocycles. The van der Waals surface area contributed by atoms with E-state index in [1.54, 1.807) is 0 Å². The van der Waals surface area contributed by atoms with Gasteiger partial charge in [-0.2, -0.15) is 4.57 Å². The summed E-state index contributed by atoms with van der Waals surface area (Å²) in [5, 5.41) is 0. The predicted octanol–water partition coefficient (Wildman–Crippen LogP) is 5.13. The van der Waals surface area contributed by atoms with Crippen LogP contribution in [0.25, 0.3) is 16.1 Å². The van der Waals surface area contributed by atoms with Crippen LogP contribution in [0.3, 0.4) is 0 Å². The molecule has 4 heteroatoms. The van der Waals surface area contributed by atoms with Crippen LogP contribution in [0.5, 0.6) is 0 Å². The fourth-order valence-electron chi connectivity index (χ4n) is 4.26. The van der Waals surface area contributed by atoms with Crippen LogP contribution in [-0.4, -0.2) is 0 Å². The fourth-order valence-corrected chi connectivity index (χ4v) is 4.26. The highest BCUT2D eigenvalue weighted by Crippen LogP contribution is 2.46. The van der Waals surface area contributed by atoms with E-state index >= 15 is 4.39 Å². The van der Waals surface area contributed by atoms with Gasteiger partial charge < -0.3 is 0 Å². The number of nitrogens with zero attached hydrogens (tertiary/aromatic N) is 2. The molecule has 0 saturated heterocycles. The lowest BCUT2D eigenvalue weighted by Crippen LogP contribution is -2.31. The van der Waals surface area contributed by atoms with Gasteiger partial charge in [0.2, 0.25) is 5.69 Å². The first-order chi connectivity index (χ1) is 11.6. The summed E-state index contributed by atoms with van der Waals surface area (Å²) >= 11 is 0. The Balaban J connectivity index is 1.94. The maximum atomic E-state index is 15.0. The molecule has 0 atom stereocenters. The molecule has 4 rings (SSSR count). The van der Waals surface area contributed by atoms with Crippen molar-refractivity contribution in [3.8, 4) is 11.3 Å². The smallest absolute Gasteiger partial charge is 0.232 e. The van der Waals surface area contributed by atoms with Crippen LogP contribution in [0, 0.1) is 24.1 Å². The van der Waals surface area contributed by atoms with E-state index in [0.717, 1.165) is 36.9 Å². The third-order valence-corrected chi connectivity index (χ3v) is 5.56. The first-order valence-electron chi connectivity index (χ1n) is 8.51. The number of aromatic nitrogens is 1. The average Bonchev–Trinajstić information content (AvgIpc) is 2.96. The number of fused-ring (bicyclic) bond motifs is 3. The van der Waals surface area contributed by atoms with Crippen molar-refractivity contribution in [3.63, 3.8) is 0 Å². The zero-order valence-electron chi connectivity index (χ0n) is 13.6. The van der Waals surface area contributed by atoms with Gasteiger partial charge in [-0.05, 0) is 36.3 Å². The van der Waals surface area contributed by atoms with Crippen molar-refractivity contribution in [1.29, 1.82) is 0 Å². The molecule has 0 spiro atoms. The van der Waals surface area contributed by atoms with Gasteiger partial charge in [-0.25, -0.2) is 13.6 Å². The van der Waals surface area contributed by atoms with E-state index < -0.39 is 17.3 Å².